The Morgan fingerprint density at radius 3 is 2.77 bits per heavy atom. The first-order valence-corrected chi connectivity index (χ1v) is 8.35. The summed E-state index contributed by atoms with van der Waals surface area (Å²) in [4.78, 5) is 16.7. The number of anilines is 1. The van der Waals surface area contributed by atoms with Crippen molar-refractivity contribution in [2.24, 2.45) is 0 Å². The van der Waals surface area contributed by atoms with E-state index in [0.29, 0.717) is 21.8 Å². The second-order valence-corrected chi connectivity index (χ2v) is 6.57. The summed E-state index contributed by atoms with van der Waals surface area (Å²) < 4.78 is 0. The van der Waals surface area contributed by atoms with E-state index in [1.54, 1.807) is 18.2 Å². The number of piperazine rings is 1. The van der Waals surface area contributed by atoms with Crippen molar-refractivity contribution in [1.82, 2.24) is 15.1 Å². The number of carbonyl (C=O) groups excluding carboxylic acids is 1. The van der Waals surface area contributed by atoms with Crippen LogP contribution < -0.4 is 10.6 Å². The first-order chi connectivity index (χ1) is 10.6. The minimum Gasteiger partial charge on any atom is -0.323 e. The molecule has 120 valence electrons. The predicted molar refractivity (Wildman–Crippen MR) is 89.9 cm³/mol. The van der Waals surface area contributed by atoms with Gasteiger partial charge in [0.2, 0.25) is 0 Å². The highest BCUT2D eigenvalue weighted by atomic mass is 35.5. The highest BCUT2D eigenvalue weighted by molar-refractivity contribution is 6.35. The van der Waals surface area contributed by atoms with Crippen LogP contribution in [0.4, 0.5) is 10.5 Å². The molecule has 0 radical (unpaired) electrons. The van der Waals surface area contributed by atoms with Gasteiger partial charge in [0.05, 0.1) is 10.7 Å². The van der Waals surface area contributed by atoms with Gasteiger partial charge >= 0.3 is 6.03 Å². The molecule has 0 bridgehead atoms. The molecule has 2 N–H and O–H groups in total. The summed E-state index contributed by atoms with van der Waals surface area (Å²) in [6.07, 6.45) is 1.02. The molecule has 1 aromatic rings. The molecule has 1 atom stereocenters. The zero-order chi connectivity index (χ0) is 15.5. The van der Waals surface area contributed by atoms with Crippen LogP contribution in [0.2, 0.25) is 10.0 Å². The van der Waals surface area contributed by atoms with E-state index >= 15 is 0 Å². The van der Waals surface area contributed by atoms with Gasteiger partial charge in [0.25, 0.3) is 0 Å². The maximum Gasteiger partial charge on any atom is 0.321 e. The second-order valence-electron chi connectivity index (χ2n) is 5.73. The van der Waals surface area contributed by atoms with Gasteiger partial charge in [0.15, 0.2) is 0 Å². The summed E-state index contributed by atoms with van der Waals surface area (Å²) in [6, 6.07) is 5.42. The number of nitrogens with one attached hydrogen (secondary N) is 2. The summed E-state index contributed by atoms with van der Waals surface area (Å²) >= 11 is 12.0. The largest absolute Gasteiger partial charge is 0.323 e. The van der Waals surface area contributed by atoms with E-state index in [1.165, 1.54) is 0 Å². The van der Waals surface area contributed by atoms with E-state index in [4.69, 9.17) is 23.2 Å². The Morgan fingerprint density at radius 1 is 1.23 bits per heavy atom. The molecule has 0 aliphatic carbocycles. The number of carbonyl (C=O) groups is 1. The minimum absolute atomic E-state index is 0.109. The number of likely N-dealkylation sites (tertiary alicyclic amines) is 1. The first-order valence-electron chi connectivity index (χ1n) is 7.59. The van der Waals surface area contributed by atoms with Crippen LogP contribution >= 0.6 is 23.2 Å². The molecule has 2 saturated heterocycles. The van der Waals surface area contributed by atoms with Gasteiger partial charge < -0.3 is 15.5 Å². The van der Waals surface area contributed by atoms with E-state index in [2.05, 4.69) is 15.5 Å². The van der Waals surface area contributed by atoms with Crippen LogP contribution in [-0.4, -0.2) is 61.1 Å². The van der Waals surface area contributed by atoms with Crippen LogP contribution in [0.5, 0.6) is 0 Å². The number of hydrogen-bond donors (Lipinski definition) is 2. The van der Waals surface area contributed by atoms with Gasteiger partial charge in [-0.05, 0) is 24.6 Å². The minimum atomic E-state index is -0.109. The number of benzene rings is 1. The lowest BCUT2D eigenvalue weighted by Crippen LogP contribution is -2.49. The number of urea groups is 1. The van der Waals surface area contributed by atoms with Gasteiger partial charge in [0, 0.05) is 50.3 Å². The summed E-state index contributed by atoms with van der Waals surface area (Å²) in [5.41, 5.74) is 0.560. The van der Waals surface area contributed by atoms with Crippen LogP contribution in [0.1, 0.15) is 6.42 Å². The monoisotopic (exact) mass is 342 g/mol. The van der Waals surface area contributed by atoms with E-state index in [9.17, 15) is 4.79 Å². The Hall–Kier alpha value is -1.01. The molecule has 2 aliphatic heterocycles. The second kappa shape index (κ2) is 7.04. The summed E-state index contributed by atoms with van der Waals surface area (Å²) in [7, 11) is 0. The Labute approximate surface area is 140 Å². The molecule has 2 aliphatic rings. The molecule has 0 spiro atoms. The Kier molecular flexibility index (Phi) is 5.08. The van der Waals surface area contributed by atoms with Gasteiger partial charge in [-0.15, -0.1) is 0 Å². The SMILES string of the molecule is O=C(Nc1cc(Cl)ccc1Cl)N1CCC(N2CCNCC2)C1. The number of hydrogen-bond acceptors (Lipinski definition) is 3. The Balaban J connectivity index is 1.58. The number of nitrogens with zero attached hydrogens (tertiary/aromatic N) is 2. The van der Waals surface area contributed by atoms with Crippen LogP contribution in [0.15, 0.2) is 18.2 Å². The average Bonchev–Trinajstić information content (AvgIpc) is 3.02. The fourth-order valence-electron chi connectivity index (χ4n) is 3.06. The fourth-order valence-corrected chi connectivity index (χ4v) is 3.40. The third-order valence-electron chi connectivity index (χ3n) is 4.29. The zero-order valence-corrected chi connectivity index (χ0v) is 13.8. The summed E-state index contributed by atoms with van der Waals surface area (Å²) in [5, 5.41) is 7.26. The molecule has 2 fully saturated rings. The molecule has 7 heteroatoms. The van der Waals surface area contributed by atoms with Crippen LogP contribution in [0.3, 0.4) is 0 Å². The lowest BCUT2D eigenvalue weighted by molar-refractivity contribution is 0.172. The van der Waals surface area contributed by atoms with E-state index in [1.807, 2.05) is 4.90 Å². The van der Waals surface area contributed by atoms with Crippen molar-refractivity contribution in [3.8, 4) is 0 Å². The van der Waals surface area contributed by atoms with Crippen molar-refractivity contribution in [3.63, 3.8) is 0 Å². The molecular weight excluding hydrogens is 323 g/mol. The highest BCUT2D eigenvalue weighted by Gasteiger charge is 2.31. The van der Waals surface area contributed by atoms with Crippen molar-refractivity contribution in [2.75, 3.05) is 44.6 Å². The molecule has 1 unspecified atom stereocenters. The number of amides is 2. The van der Waals surface area contributed by atoms with Crippen LogP contribution in [0, 0.1) is 0 Å². The average molecular weight is 343 g/mol. The fraction of sp³-hybridized carbons (Fsp3) is 0.533. The van der Waals surface area contributed by atoms with Gasteiger partial charge in [-0.1, -0.05) is 23.2 Å². The molecule has 0 aromatic heterocycles. The third kappa shape index (κ3) is 3.66. The van der Waals surface area contributed by atoms with Gasteiger partial charge in [-0.3, -0.25) is 4.90 Å². The van der Waals surface area contributed by atoms with Gasteiger partial charge in [-0.25, -0.2) is 4.79 Å². The van der Waals surface area contributed by atoms with Crippen molar-refractivity contribution in [3.05, 3.63) is 28.2 Å². The summed E-state index contributed by atoms with van der Waals surface area (Å²) in [5.74, 6) is 0. The summed E-state index contributed by atoms with van der Waals surface area (Å²) in [6.45, 7) is 5.71. The Morgan fingerprint density at radius 2 is 2.00 bits per heavy atom. The van der Waals surface area contributed by atoms with E-state index in [-0.39, 0.29) is 6.03 Å². The molecule has 2 amide bonds. The van der Waals surface area contributed by atoms with Gasteiger partial charge in [-0.2, -0.15) is 0 Å². The highest BCUT2D eigenvalue weighted by Crippen LogP contribution is 2.26. The molecular formula is C15H20Cl2N4O. The van der Waals surface area contributed by atoms with Crippen LogP contribution in [0.25, 0.3) is 0 Å². The Bertz CT molecular complexity index is 548. The number of rotatable bonds is 2. The number of halogens is 2. The molecule has 5 nitrogen and oxygen atoms in total. The van der Waals surface area contributed by atoms with Crippen molar-refractivity contribution >= 4 is 34.9 Å². The van der Waals surface area contributed by atoms with E-state index in [0.717, 1.165) is 45.7 Å². The molecule has 1 aromatic carbocycles. The topological polar surface area (TPSA) is 47.6 Å². The lowest BCUT2D eigenvalue weighted by Gasteiger charge is -2.32. The third-order valence-corrected chi connectivity index (χ3v) is 4.85. The van der Waals surface area contributed by atoms with E-state index < -0.39 is 0 Å². The van der Waals surface area contributed by atoms with Crippen molar-refractivity contribution in [1.29, 1.82) is 0 Å². The zero-order valence-electron chi connectivity index (χ0n) is 12.3. The molecule has 0 saturated carbocycles. The first kappa shape index (κ1) is 15.9. The molecule has 3 rings (SSSR count). The van der Waals surface area contributed by atoms with Gasteiger partial charge in [0.1, 0.15) is 0 Å². The maximum absolute atomic E-state index is 12.4. The van der Waals surface area contributed by atoms with Crippen molar-refractivity contribution in [2.45, 2.75) is 12.5 Å². The normalized spacial score (nSPS) is 22.8. The predicted octanol–water partition coefficient (Wildman–Crippen LogP) is 2.50. The van der Waals surface area contributed by atoms with Crippen molar-refractivity contribution < 1.29 is 4.79 Å². The lowest BCUT2D eigenvalue weighted by atomic mass is 10.2. The molecule has 22 heavy (non-hydrogen) atoms. The standard InChI is InChI=1S/C15H20Cl2N4O/c16-11-1-2-13(17)14(9-11)19-15(22)21-6-3-12(10-21)20-7-4-18-5-8-20/h1-2,9,12,18H,3-8,10H2,(H,19,22). The molecule has 2 heterocycles. The van der Waals surface area contributed by atoms with Crippen LogP contribution in [-0.2, 0) is 0 Å². The quantitative estimate of drug-likeness (QED) is 0.868. The smallest absolute Gasteiger partial charge is 0.321 e. The maximum atomic E-state index is 12.4.